The summed E-state index contributed by atoms with van der Waals surface area (Å²) in [7, 11) is 1.39. The standard InChI is InChI=1S/C10H10ClF2NO5S/c11-20(17,18)4-2-1-3-19-10-6-7(12)9(14(15)16)5-8(10)13/h5-6H,1-4H2. The lowest BCUT2D eigenvalue weighted by Gasteiger charge is -2.07. The highest BCUT2D eigenvalue weighted by Crippen LogP contribution is 2.26. The zero-order chi connectivity index (χ0) is 15.3. The molecule has 0 saturated heterocycles. The van der Waals surface area contributed by atoms with Crippen LogP contribution in [-0.2, 0) is 9.05 Å². The van der Waals surface area contributed by atoms with Crippen LogP contribution >= 0.6 is 10.7 Å². The minimum absolute atomic E-state index is 0.0689. The fraction of sp³-hybridized carbons (Fsp3) is 0.400. The number of benzene rings is 1. The predicted octanol–water partition coefficient (Wildman–Crippen LogP) is 2.60. The number of nitro benzene ring substituents is 1. The maximum absolute atomic E-state index is 13.4. The second-order valence-electron chi connectivity index (χ2n) is 3.79. The maximum atomic E-state index is 13.4. The van der Waals surface area contributed by atoms with E-state index in [1.807, 2.05) is 0 Å². The Labute approximate surface area is 117 Å². The molecule has 6 nitrogen and oxygen atoms in total. The van der Waals surface area contributed by atoms with Crippen molar-refractivity contribution in [1.82, 2.24) is 0 Å². The lowest BCUT2D eigenvalue weighted by molar-refractivity contribution is -0.387. The van der Waals surface area contributed by atoms with Gasteiger partial charge in [-0.2, -0.15) is 4.39 Å². The van der Waals surface area contributed by atoms with Gasteiger partial charge in [0.1, 0.15) is 0 Å². The van der Waals surface area contributed by atoms with Crippen LogP contribution in [0.2, 0.25) is 0 Å². The summed E-state index contributed by atoms with van der Waals surface area (Å²) in [5.74, 6) is -3.01. The molecule has 0 radical (unpaired) electrons. The van der Waals surface area contributed by atoms with E-state index in [0.29, 0.717) is 12.1 Å². The Morgan fingerprint density at radius 2 is 1.90 bits per heavy atom. The van der Waals surface area contributed by atoms with E-state index in [1.54, 1.807) is 0 Å². The highest BCUT2D eigenvalue weighted by Gasteiger charge is 2.19. The van der Waals surface area contributed by atoms with E-state index in [4.69, 9.17) is 15.4 Å². The number of hydrogen-bond donors (Lipinski definition) is 0. The largest absolute Gasteiger partial charge is 0.490 e. The van der Waals surface area contributed by atoms with Crippen molar-refractivity contribution >= 4 is 25.4 Å². The van der Waals surface area contributed by atoms with Crippen molar-refractivity contribution < 1.29 is 26.9 Å². The van der Waals surface area contributed by atoms with E-state index in [1.165, 1.54) is 0 Å². The SMILES string of the molecule is O=[N+]([O-])c1cc(F)c(OCCCCS(=O)(=O)Cl)cc1F. The van der Waals surface area contributed by atoms with Crippen molar-refractivity contribution in [3.8, 4) is 5.75 Å². The average Bonchev–Trinajstić information content (AvgIpc) is 2.30. The minimum atomic E-state index is -3.59. The Hall–Kier alpha value is -1.48. The monoisotopic (exact) mass is 329 g/mol. The van der Waals surface area contributed by atoms with Crippen LogP contribution in [0.15, 0.2) is 12.1 Å². The van der Waals surface area contributed by atoms with Crippen LogP contribution in [0.1, 0.15) is 12.8 Å². The predicted molar refractivity (Wildman–Crippen MR) is 67.4 cm³/mol. The summed E-state index contributed by atoms with van der Waals surface area (Å²) in [6.45, 7) is -0.0689. The second kappa shape index (κ2) is 6.80. The van der Waals surface area contributed by atoms with Crippen molar-refractivity contribution in [2.75, 3.05) is 12.4 Å². The summed E-state index contributed by atoms with van der Waals surface area (Å²) in [4.78, 5) is 9.32. The zero-order valence-corrected chi connectivity index (χ0v) is 11.6. The van der Waals surface area contributed by atoms with Crippen LogP contribution in [0.3, 0.4) is 0 Å². The molecular weight excluding hydrogens is 320 g/mol. The third-order valence-electron chi connectivity index (χ3n) is 2.24. The van der Waals surface area contributed by atoms with Gasteiger partial charge < -0.3 is 4.74 Å². The van der Waals surface area contributed by atoms with Gasteiger partial charge in [-0.15, -0.1) is 0 Å². The Kier molecular flexibility index (Phi) is 5.63. The molecule has 0 saturated carbocycles. The van der Waals surface area contributed by atoms with Gasteiger partial charge in [0.2, 0.25) is 14.9 Å². The molecule has 0 bridgehead atoms. The molecule has 1 rings (SSSR count). The lowest BCUT2D eigenvalue weighted by atomic mass is 10.2. The third-order valence-corrected chi connectivity index (χ3v) is 3.48. The molecule has 0 N–H and O–H groups in total. The topological polar surface area (TPSA) is 86.5 Å². The van der Waals surface area contributed by atoms with Crippen LogP contribution in [0.25, 0.3) is 0 Å². The van der Waals surface area contributed by atoms with Crippen molar-refractivity contribution in [2.45, 2.75) is 12.8 Å². The van der Waals surface area contributed by atoms with E-state index < -0.39 is 37.0 Å². The zero-order valence-electron chi connectivity index (χ0n) is 10.0. The van der Waals surface area contributed by atoms with Gasteiger partial charge in [0.15, 0.2) is 11.6 Å². The molecule has 0 amide bonds. The molecule has 0 aromatic heterocycles. The van der Waals surface area contributed by atoms with Gasteiger partial charge in [-0.3, -0.25) is 10.1 Å². The van der Waals surface area contributed by atoms with E-state index in [2.05, 4.69) is 0 Å². The van der Waals surface area contributed by atoms with Crippen molar-refractivity contribution in [3.05, 3.63) is 33.9 Å². The maximum Gasteiger partial charge on any atom is 0.307 e. The van der Waals surface area contributed by atoms with Crippen LogP contribution in [0.4, 0.5) is 14.5 Å². The van der Waals surface area contributed by atoms with Gasteiger partial charge in [-0.25, -0.2) is 12.8 Å². The summed E-state index contributed by atoms with van der Waals surface area (Å²) >= 11 is 0. The molecule has 0 aliphatic rings. The quantitative estimate of drug-likeness (QED) is 0.332. The molecule has 20 heavy (non-hydrogen) atoms. The van der Waals surface area contributed by atoms with Gasteiger partial charge >= 0.3 is 5.69 Å². The fourth-order valence-corrected chi connectivity index (χ4v) is 2.20. The first-order chi connectivity index (χ1) is 9.20. The first-order valence-electron chi connectivity index (χ1n) is 5.39. The molecule has 0 aliphatic carbocycles. The molecule has 0 spiro atoms. The number of rotatable bonds is 7. The number of unbranched alkanes of at least 4 members (excludes halogenated alkanes) is 1. The number of nitrogens with zero attached hydrogens (tertiary/aromatic N) is 1. The number of nitro groups is 1. The summed E-state index contributed by atoms with van der Waals surface area (Å²) in [5, 5.41) is 10.4. The fourth-order valence-electron chi connectivity index (χ4n) is 1.33. The van der Waals surface area contributed by atoms with Crippen LogP contribution in [0.5, 0.6) is 5.75 Å². The minimum Gasteiger partial charge on any atom is -0.490 e. The first-order valence-corrected chi connectivity index (χ1v) is 7.87. The van der Waals surface area contributed by atoms with Gasteiger partial charge in [0.05, 0.1) is 23.3 Å². The normalized spacial score (nSPS) is 11.3. The molecule has 0 unspecified atom stereocenters. The van der Waals surface area contributed by atoms with Crippen molar-refractivity contribution in [1.29, 1.82) is 0 Å². The van der Waals surface area contributed by atoms with Crippen LogP contribution < -0.4 is 4.74 Å². The molecule has 0 aliphatic heterocycles. The molecule has 0 fully saturated rings. The van der Waals surface area contributed by atoms with Crippen molar-refractivity contribution in [3.63, 3.8) is 0 Å². The number of ether oxygens (including phenoxy) is 1. The van der Waals surface area contributed by atoms with Gasteiger partial charge in [0, 0.05) is 16.7 Å². The summed E-state index contributed by atoms with van der Waals surface area (Å²) in [5.41, 5.74) is -0.983. The van der Waals surface area contributed by atoms with Gasteiger partial charge in [-0.1, -0.05) is 0 Å². The molecule has 10 heteroatoms. The van der Waals surface area contributed by atoms with Gasteiger partial charge in [0.25, 0.3) is 0 Å². The molecule has 1 aromatic carbocycles. The average molecular weight is 330 g/mol. The molecular formula is C10H10ClF2NO5S. The third kappa shape index (κ3) is 5.25. The van der Waals surface area contributed by atoms with E-state index in [-0.39, 0.29) is 25.2 Å². The number of halogens is 3. The Morgan fingerprint density at radius 1 is 1.25 bits per heavy atom. The Balaban J connectivity index is 2.57. The molecule has 0 atom stereocenters. The Bertz CT molecular complexity index is 608. The molecule has 0 heterocycles. The first kappa shape index (κ1) is 16.6. The summed E-state index contributed by atoms with van der Waals surface area (Å²) in [6.07, 6.45) is 0.451. The van der Waals surface area contributed by atoms with Crippen LogP contribution in [-0.4, -0.2) is 25.7 Å². The van der Waals surface area contributed by atoms with Crippen molar-refractivity contribution in [2.24, 2.45) is 0 Å². The highest BCUT2D eigenvalue weighted by atomic mass is 35.7. The smallest absolute Gasteiger partial charge is 0.307 e. The van der Waals surface area contributed by atoms with Gasteiger partial charge in [-0.05, 0) is 12.8 Å². The Morgan fingerprint density at radius 3 is 2.45 bits per heavy atom. The lowest BCUT2D eigenvalue weighted by Crippen LogP contribution is -2.04. The number of hydrogen-bond acceptors (Lipinski definition) is 5. The van der Waals surface area contributed by atoms with Crippen LogP contribution in [0, 0.1) is 21.7 Å². The summed E-state index contributed by atoms with van der Waals surface area (Å²) in [6, 6.07) is 1.000. The summed E-state index contributed by atoms with van der Waals surface area (Å²) < 4.78 is 52.7. The van der Waals surface area contributed by atoms with E-state index in [9.17, 15) is 27.3 Å². The second-order valence-corrected chi connectivity index (χ2v) is 6.69. The van der Waals surface area contributed by atoms with E-state index in [0.717, 1.165) is 0 Å². The van der Waals surface area contributed by atoms with E-state index >= 15 is 0 Å². The molecule has 112 valence electrons. The highest BCUT2D eigenvalue weighted by molar-refractivity contribution is 8.13. The molecule has 1 aromatic rings.